The Morgan fingerprint density at radius 2 is 1.60 bits per heavy atom. The van der Waals surface area contributed by atoms with Gasteiger partial charge in [-0.2, -0.15) is 0 Å². The average molecular weight is 280 g/mol. The third kappa shape index (κ3) is 3.53. The Labute approximate surface area is 124 Å². The first-order valence-corrected chi connectivity index (χ1v) is 8.58. The first-order chi connectivity index (χ1) is 9.72. The van der Waals surface area contributed by atoms with Gasteiger partial charge in [0, 0.05) is 44.3 Å². The number of piperidine rings is 1. The lowest BCUT2D eigenvalue weighted by Crippen LogP contribution is -2.48. The normalized spacial score (nSPS) is 36.6. The molecule has 2 atom stereocenters. The number of nitrogens with zero attached hydrogens (tertiary/aromatic N) is 3. The van der Waals surface area contributed by atoms with E-state index in [9.17, 15) is 0 Å². The van der Waals surface area contributed by atoms with Crippen LogP contribution in [0.2, 0.25) is 0 Å². The number of fused-ring (bicyclic) bond motifs is 2. The molecule has 0 aliphatic carbocycles. The molecular formula is C16H32N4. The number of nitrogens with one attached hydrogen (secondary N) is 1. The minimum atomic E-state index is 0.788. The molecule has 0 aromatic rings. The number of likely N-dealkylation sites (N-methyl/N-ethyl adjacent to an activating group) is 1. The molecule has 1 N–H and O–H groups in total. The number of hydrogen-bond donors (Lipinski definition) is 1. The first-order valence-electron chi connectivity index (χ1n) is 8.58. The lowest BCUT2D eigenvalue weighted by molar-refractivity contribution is 0.141. The predicted molar refractivity (Wildman–Crippen MR) is 84.2 cm³/mol. The molecule has 4 nitrogen and oxygen atoms in total. The fourth-order valence-corrected chi connectivity index (χ4v) is 4.26. The van der Waals surface area contributed by atoms with Crippen molar-refractivity contribution in [2.45, 2.75) is 50.2 Å². The Hall–Kier alpha value is -0.160. The van der Waals surface area contributed by atoms with Crippen LogP contribution in [0.4, 0.5) is 0 Å². The summed E-state index contributed by atoms with van der Waals surface area (Å²) in [5.41, 5.74) is 0. The highest BCUT2D eigenvalue weighted by molar-refractivity contribution is 4.95. The molecular weight excluding hydrogens is 248 g/mol. The van der Waals surface area contributed by atoms with E-state index in [2.05, 4.69) is 34.1 Å². The number of rotatable bonds is 5. The van der Waals surface area contributed by atoms with Crippen LogP contribution in [0.15, 0.2) is 0 Å². The molecule has 0 amide bonds. The van der Waals surface area contributed by atoms with Gasteiger partial charge in [-0.25, -0.2) is 0 Å². The SMILES string of the molecule is CN1CCN(CCCNC2CC3CCC(C2)N3C)CC1. The molecule has 3 heterocycles. The van der Waals surface area contributed by atoms with Crippen molar-refractivity contribution in [2.75, 3.05) is 53.4 Å². The van der Waals surface area contributed by atoms with Crippen molar-refractivity contribution in [3.05, 3.63) is 0 Å². The summed E-state index contributed by atoms with van der Waals surface area (Å²) in [6, 6.07) is 2.52. The third-order valence-electron chi connectivity index (χ3n) is 5.78. The third-order valence-corrected chi connectivity index (χ3v) is 5.78. The van der Waals surface area contributed by atoms with Crippen molar-refractivity contribution < 1.29 is 0 Å². The van der Waals surface area contributed by atoms with E-state index in [4.69, 9.17) is 0 Å². The van der Waals surface area contributed by atoms with Crippen LogP contribution in [0.3, 0.4) is 0 Å². The Kier molecular flexibility index (Phi) is 4.97. The summed E-state index contributed by atoms with van der Waals surface area (Å²) in [5, 5.41) is 3.83. The zero-order valence-electron chi connectivity index (χ0n) is 13.4. The molecule has 3 fully saturated rings. The Morgan fingerprint density at radius 1 is 0.950 bits per heavy atom. The van der Waals surface area contributed by atoms with Crippen LogP contribution in [0.25, 0.3) is 0 Å². The Balaban J connectivity index is 1.29. The van der Waals surface area contributed by atoms with Crippen LogP contribution in [0.5, 0.6) is 0 Å². The lowest BCUT2D eigenvalue weighted by atomic mass is 9.98. The molecule has 2 unspecified atom stereocenters. The zero-order chi connectivity index (χ0) is 13.9. The summed E-state index contributed by atoms with van der Waals surface area (Å²) in [5.74, 6) is 0. The van der Waals surface area contributed by atoms with Crippen molar-refractivity contribution in [3.63, 3.8) is 0 Å². The van der Waals surface area contributed by atoms with Crippen molar-refractivity contribution in [2.24, 2.45) is 0 Å². The summed E-state index contributed by atoms with van der Waals surface area (Å²) in [6.45, 7) is 7.49. The van der Waals surface area contributed by atoms with E-state index >= 15 is 0 Å². The maximum atomic E-state index is 3.83. The second kappa shape index (κ2) is 6.73. The van der Waals surface area contributed by atoms with Gasteiger partial charge in [0.15, 0.2) is 0 Å². The van der Waals surface area contributed by atoms with Gasteiger partial charge in [-0.3, -0.25) is 0 Å². The summed E-state index contributed by atoms with van der Waals surface area (Å²) >= 11 is 0. The van der Waals surface area contributed by atoms with E-state index in [1.165, 1.54) is 71.4 Å². The van der Waals surface area contributed by atoms with E-state index < -0.39 is 0 Å². The van der Waals surface area contributed by atoms with E-state index in [1.807, 2.05) is 0 Å². The van der Waals surface area contributed by atoms with E-state index in [0.717, 1.165) is 18.1 Å². The minimum absolute atomic E-state index is 0.788. The molecule has 116 valence electrons. The van der Waals surface area contributed by atoms with Crippen molar-refractivity contribution in [3.8, 4) is 0 Å². The highest BCUT2D eigenvalue weighted by Crippen LogP contribution is 2.34. The molecule has 3 aliphatic heterocycles. The molecule has 3 aliphatic rings. The molecule has 0 spiro atoms. The number of piperazine rings is 1. The lowest BCUT2D eigenvalue weighted by Gasteiger charge is -2.37. The van der Waals surface area contributed by atoms with Crippen LogP contribution in [0, 0.1) is 0 Å². The summed E-state index contributed by atoms with van der Waals surface area (Å²) in [6.07, 6.45) is 6.93. The van der Waals surface area contributed by atoms with Crippen LogP contribution < -0.4 is 5.32 Å². The van der Waals surface area contributed by atoms with E-state index in [1.54, 1.807) is 0 Å². The zero-order valence-corrected chi connectivity index (χ0v) is 13.4. The van der Waals surface area contributed by atoms with E-state index in [-0.39, 0.29) is 0 Å². The topological polar surface area (TPSA) is 21.8 Å². The van der Waals surface area contributed by atoms with Crippen LogP contribution in [-0.2, 0) is 0 Å². The van der Waals surface area contributed by atoms with Crippen molar-refractivity contribution >= 4 is 0 Å². The van der Waals surface area contributed by atoms with Gasteiger partial charge in [0.05, 0.1) is 0 Å². The fourth-order valence-electron chi connectivity index (χ4n) is 4.26. The maximum absolute atomic E-state index is 3.83. The van der Waals surface area contributed by atoms with Gasteiger partial charge in [-0.1, -0.05) is 0 Å². The molecule has 4 heteroatoms. The van der Waals surface area contributed by atoms with Crippen molar-refractivity contribution in [1.29, 1.82) is 0 Å². The van der Waals surface area contributed by atoms with Gasteiger partial charge in [-0.05, 0) is 59.3 Å². The smallest absolute Gasteiger partial charge is 0.0111 e. The van der Waals surface area contributed by atoms with E-state index in [0.29, 0.717) is 0 Å². The van der Waals surface area contributed by atoms with Gasteiger partial charge < -0.3 is 20.0 Å². The molecule has 0 aromatic carbocycles. The second-order valence-corrected chi connectivity index (χ2v) is 7.17. The Morgan fingerprint density at radius 3 is 2.25 bits per heavy atom. The largest absolute Gasteiger partial charge is 0.314 e. The maximum Gasteiger partial charge on any atom is 0.0111 e. The molecule has 3 saturated heterocycles. The molecule has 3 rings (SSSR count). The highest BCUT2D eigenvalue weighted by Gasteiger charge is 2.37. The minimum Gasteiger partial charge on any atom is -0.314 e. The van der Waals surface area contributed by atoms with Gasteiger partial charge in [-0.15, -0.1) is 0 Å². The van der Waals surface area contributed by atoms with Crippen molar-refractivity contribution in [1.82, 2.24) is 20.0 Å². The highest BCUT2D eigenvalue weighted by atomic mass is 15.2. The standard InChI is InChI=1S/C16H32N4/c1-18-8-10-20(11-9-18)7-3-6-17-14-12-15-4-5-16(13-14)19(15)2/h14-17H,3-13H2,1-2H3. The van der Waals surface area contributed by atoms with Gasteiger partial charge >= 0.3 is 0 Å². The fraction of sp³-hybridized carbons (Fsp3) is 1.00. The first kappa shape index (κ1) is 14.8. The Bertz CT molecular complexity index is 287. The average Bonchev–Trinajstić information content (AvgIpc) is 2.67. The monoisotopic (exact) mass is 280 g/mol. The molecule has 0 radical (unpaired) electrons. The summed E-state index contributed by atoms with van der Waals surface area (Å²) < 4.78 is 0. The van der Waals surface area contributed by atoms with Gasteiger partial charge in [0.1, 0.15) is 0 Å². The molecule has 2 bridgehead atoms. The van der Waals surface area contributed by atoms with Crippen LogP contribution in [-0.4, -0.2) is 86.2 Å². The van der Waals surface area contributed by atoms with Gasteiger partial charge in [0.2, 0.25) is 0 Å². The quantitative estimate of drug-likeness (QED) is 0.753. The molecule has 20 heavy (non-hydrogen) atoms. The molecule has 0 saturated carbocycles. The van der Waals surface area contributed by atoms with Crippen LogP contribution >= 0.6 is 0 Å². The second-order valence-electron chi connectivity index (χ2n) is 7.17. The van der Waals surface area contributed by atoms with Crippen LogP contribution in [0.1, 0.15) is 32.1 Å². The summed E-state index contributed by atoms with van der Waals surface area (Å²) in [7, 11) is 4.55. The summed E-state index contributed by atoms with van der Waals surface area (Å²) in [4.78, 5) is 7.69. The van der Waals surface area contributed by atoms with Gasteiger partial charge in [0.25, 0.3) is 0 Å². The number of hydrogen-bond acceptors (Lipinski definition) is 4. The molecule has 0 aromatic heterocycles. The predicted octanol–water partition coefficient (Wildman–Crippen LogP) is 0.839.